The minimum atomic E-state index is 0.839. The van der Waals surface area contributed by atoms with E-state index in [9.17, 15) is 0 Å². The van der Waals surface area contributed by atoms with Gasteiger partial charge in [-0.1, -0.05) is 41.6 Å². The van der Waals surface area contributed by atoms with Crippen LogP contribution in [0.4, 0.5) is 0 Å². The Kier molecular flexibility index (Phi) is 2.23. The van der Waals surface area contributed by atoms with Gasteiger partial charge in [-0.15, -0.1) is 0 Å². The Labute approximate surface area is 76.8 Å². The molecule has 1 aromatic rings. The van der Waals surface area contributed by atoms with E-state index in [1.165, 1.54) is 0 Å². The lowest BCUT2D eigenvalue weighted by atomic mass is 10.1. The Balaban J connectivity index is 2.32. The summed E-state index contributed by atoms with van der Waals surface area (Å²) in [5, 5.41) is 3.94. The van der Waals surface area contributed by atoms with E-state index in [-0.39, 0.29) is 0 Å². The molecule has 0 radical (unpaired) electrons. The molecule has 1 aromatic carbocycles. The quantitative estimate of drug-likeness (QED) is 0.636. The highest BCUT2D eigenvalue weighted by atomic mass is 16.6. The van der Waals surface area contributed by atoms with Crippen LogP contribution in [0.5, 0.6) is 0 Å². The summed E-state index contributed by atoms with van der Waals surface area (Å²) in [6, 6.07) is 9.92. The lowest BCUT2D eigenvalue weighted by Gasteiger charge is -1.97. The van der Waals surface area contributed by atoms with E-state index in [0.717, 1.165) is 11.3 Å². The van der Waals surface area contributed by atoms with Crippen molar-refractivity contribution >= 4 is 5.71 Å². The zero-order valence-corrected chi connectivity index (χ0v) is 7.05. The molecule has 1 heterocycles. The van der Waals surface area contributed by atoms with Gasteiger partial charge in [0, 0.05) is 5.56 Å². The molecule has 0 saturated carbocycles. The average molecular weight is 171 g/mol. The van der Waals surface area contributed by atoms with Crippen molar-refractivity contribution in [3.05, 3.63) is 60.4 Å². The van der Waals surface area contributed by atoms with E-state index in [0.29, 0.717) is 0 Å². The molecule has 13 heavy (non-hydrogen) atoms. The molecule has 0 fully saturated rings. The number of hydrogen-bond donors (Lipinski definition) is 0. The predicted octanol–water partition coefficient (Wildman–Crippen LogP) is 2.49. The van der Waals surface area contributed by atoms with E-state index in [2.05, 4.69) is 5.16 Å². The number of benzene rings is 1. The first-order valence-electron chi connectivity index (χ1n) is 4.09. The maximum Gasteiger partial charge on any atom is 0.122 e. The molecule has 0 amide bonds. The molecule has 0 aromatic heterocycles. The van der Waals surface area contributed by atoms with Crippen molar-refractivity contribution in [1.82, 2.24) is 0 Å². The maximum absolute atomic E-state index is 4.91. The summed E-state index contributed by atoms with van der Waals surface area (Å²) >= 11 is 0. The molecule has 0 spiro atoms. The molecule has 2 heteroatoms. The zero-order valence-electron chi connectivity index (χ0n) is 7.05. The Morgan fingerprint density at radius 1 is 1.00 bits per heavy atom. The molecule has 64 valence electrons. The van der Waals surface area contributed by atoms with Crippen molar-refractivity contribution in [1.29, 1.82) is 0 Å². The molecule has 0 N–H and O–H groups in total. The standard InChI is InChI=1S/C11H9NO/c1-2-6-10(7-3-1)11-8-4-5-9-13-12-11/h1-9H. The number of oxime groups is 1. The Morgan fingerprint density at radius 2 is 1.85 bits per heavy atom. The zero-order chi connectivity index (χ0) is 8.93. The number of rotatable bonds is 1. The molecule has 0 aliphatic carbocycles. The molecule has 2 rings (SSSR count). The van der Waals surface area contributed by atoms with Crippen LogP contribution in [-0.2, 0) is 4.84 Å². The van der Waals surface area contributed by atoms with Gasteiger partial charge in [0.2, 0.25) is 0 Å². The first kappa shape index (κ1) is 7.80. The van der Waals surface area contributed by atoms with E-state index in [1.807, 2.05) is 42.5 Å². The number of allylic oxidation sites excluding steroid dienone is 3. The number of hydrogen-bond acceptors (Lipinski definition) is 2. The van der Waals surface area contributed by atoms with Crippen molar-refractivity contribution in [3.63, 3.8) is 0 Å². The molecular weight excluding hydrogens is 162 g/mol. The van der Waals surface area contributed by atoms with E-state index >= 15 is 0 Å². The topological polar surface area (TPSA) is 21.6 Å². The molecule has 0 saturated heterocycles. The van der Waals surface area contributed by atoms with Gasteiger partial charge in [-0.2, -0.15) is 0 Å². The van der Waals surface area contributed by atoms with Crippen molar-refractivity contribution in [3.8, 4) is 0 Å². The third-order valence-electron chi connectivity index (χ3n) is 1.73. The first-order valence-corrected chi connectivity index (χ1v) is 4.09. The fourth-order valence-corrected chi connectivity index (χ4v) is 1.10. The summed E-state index contributed by atoms with van der Waals surface area (Å²) in [4.78, 5) is 4.91. The van der Waals surface area contributed by atoms with Gasteiger partial charge in [-0.05, 0) is 12.2 Å². The van der Waals surface area contributed by atoms with Gasteiger partial charge in [0.05, 0.1) is 0 Å². The van der Waals surface area contributed by atoms with Crippen LogP contribution in [0.3, 0.4) is 0 Å². The van der Waals surface area contributed by atoms with Crippen molar-refractivity contribution < 1.29 is 4.84 Å². The molecular formula is C11H9NO. The van der Waals surface area contributed by atoms with Crippen LogP contribution in [0.15, 0.2) is 60.0 Å². The molecule has 0 unspecified atom stereocenters. The second kappa shape index (κ2) is 3.72. The summed E-state index contributed by atoms with van der Waals surface area (Å²) in [5.41, 5.74) is 1.90. The highest BCUT2D eigenvalue weighted by Gasteiger charge is 1.99. The average Bonchev–Trinajstić information content (AvgIpc) is 2.47. The van der Waals surface area contributed by atoms with E-state index in [4.69, 9.17) is 4.84 Å². The summed E-state index contributed by atoms with van der Waals surface area (Å²) in [6.45, 7) is 0. The van der Waals surface area contributed by atoms with Gasteiger partial charge in [-0.25, -0.2) is 0 Å². The fourth-order valence-electron chi connectivity index (χ4n) is 1.10. The van der Waals surface area contributed by atoms with Crippen LogP contribution in [0.25, 0.3) is 0 Å². The third kappa shape index (κ3) is 1.85. The van der Waals surface area contributed by atoms with Crippen LogP contribution in [0, 0.1) is 0 Å². The largest absolute Gasteiger partial charge is 0.364 e. The van der Waals surface area contributed by atoms with Crippen LogP contribution in [0.1, 0.15) is 5.56 Å². The van der Waals surface area contributed by atoms with Gasteiger partial charge in [0.1, 0.15) is 12.0 Å². The highest BCUT2D eigenvalue weighted by Crippen LogP contribution is 2.05. The SMILES string of the molecule is C1=CON=C(c2ccccc2)C=C1. The van der Waals surface area contributed by atoms with Crippen LogP contribution in [0.2, 0.25) is 0 Å². The van der Waals surface area contributed by atoms with Gasteiger partial charge >= 0.3 is 0 Å². The number of nitrogens with zero attached hydrogens (tertiary/aromatic N) is 1. The third-order valence-corrected chi connectivity index (χ3v) is 1.73. The molecule has 0 bridgehead atoms. The maximum atomic E-state index is 4.91. The fraction of sp³-hybridized carbons (Fsp3) is 0. The highest BCUT2D eigenvalue weighted by molar-refractivity contribution is 6.08. The normalized spacial score (nSPS) is 14.6. The monoisotopic (exact) mass is 171 g/mol. The van der Waals surface area contributed by atoms with Gasteiger partial charge in [-0.3, -0.25) is 0 Å². The van der Waals surface area contributed by atoms with Gasteiger partial charge < -0.3 is 4.84 Å². The molecule has 2 nitrogen and oxygen atoms in total. The summed E-state index contributed by atoms with van der Waals surface area (Å²) in [7, 11) is 0. The van der Waals surface area contributed by atoms with Crippen LogP contribution in [-0.4, -0.2) is 5.71 Å². The molecule has 1 aliphatic heterocycles. The summed E-state index contributed by atoms with van der Waals surface area (Å²) in [6.07, 6.45) is 7.17. The smallest absolute Gasteiger partial charge is 0.122 e. The first-order chi connectivity index (χ1) is 6.47. The van der Waals surface area contributed by atoms with Crippen LogP contribution < -0.4 is 0 Å². The lowest BCUT2D eigenvalue weighted by molar-refractivity contribution is 0.270. The van der Waals surface area contributed by atoms with E-state index < -0.39 is 0 Å². The van der Waals surface area contributed by atoms with Gasteiger partial charge in [0.15, 0.2) is 0 Å². The Morgan fingerprint density at radius 3 is 2.69 bits per heavy atom. The summed E-state index contributed by atoms with van der Waals surface area (Å²) < 4.78 is 0. The predicted molar refractivity (Wildman–Crippen MR) is 52.3 cm³/mol. The Bertz CT molecular complexity index is 363. The Hall–Kier alpha value is -1.83. The second-order valence-electron chi connectivity index (χ2n) is 2.64. The lowest BCUT2D eigenvalue weighted by Crippen LogP contribution is -1.95. The molecule has 1 aliphatic rings. The van der Waals surface area contributed by atoms with Gasteiger partial charge in [0.25, 0.3) is 0 Å². The molecule has 0 atom stereocenters. The second-order valence-corrected chi connectivity index (χ2v) is 2.64. The van der Waals surface area contributed by atoms with Crippen molar-refractivity contribution in [2.45, 2.75) is 0 Å². The minimum Gasteiger partial charge on any atom is -0.364 e. The van der Waals surface area contributed by atoms with Crippen LogP contribution >= 0.6 is 0 Å². The summed E-state index contributed by atoms with van der Waals surface area (Å²) in [5.74, 6) is 0. The van der Waals surface area contributed by atoms with E-state index in [1.54, 1.807) is 12.3 Å². The minimum absolute atomic E-state index is 0.839. The van der Waals surface area contributed by atoms with Crippen molar-refractivity contribution in [2.75, 3.05) is 0 Å². The van der Waals surface area contributed by atoms with Crippen molar-refractivity contribution in [2.24, 2.45) is 5.16 Å².